The fourth-order valence-corrected chi connectivity index (χ4v) is 13.7. The van der Waals surface area contributed by atoms with E-state index in [-0.39, 0.29) is 5.41 Å². The zero-order valence-corrected chi connectivity index (χ0v) is 52.1. The van der Waals surface area contributed by atoms with Crippen molar-refractivity contribution in [1.82, 2.24) is 0 Å². The molecule has 90 heavy (non-hydrogen) atoms. The summed E-state index contributed by atoms with van der Waals surface area (Å²) in [5.74, 6) is 0. The lowest BCUT2D eigenvalue weighted by Crippen LogP contribution is -2.18. The summed E-state index contributed by atoms with van der Waals surface area (Å²) in [6.45, 7) is 15.7. The molecular formula is C86H70N4. The van der Waals surface area contributed by atoms with Gasteiger partial charge in [-0.15, -0.1) is 0 Å². The lowest BCUT2D eigenvalue weighted by molar-refractivity contribution is 0.591. The normalized spacial score (nSPS) is 11.7. The van der Waals surface area contributed by atoms with Crippen molar-refractivity contribution in [2.75, 3.05) is 19.6 Å². The van der Waals surface area contributed by atoms with Crippen LogP contribution in [0.3, 0.4) is 0 Å². The lowest BCUT2D eigenvalue weighted by Gasteiger charge is -2.36. The fourth-order valence-electron chi connectivity index (χ4n) is 13.7. The first kappa shape index (κ1) is 55.6. The van der Waals surface area contributed by atoms with E-state index in [1.165, 1.54) is 27.8 Å². The van der Waals surface area contributed by atoms with Crippen molar-refractivity contribution in [3.63, 3.8) is 0 Å². The predicted octanol–water partition coefficient (Wildman–Crippen LogP) is 25.0. The molecule has 15 aromatic rings. The average Bonchev–Trinajstić information content (AvgIpc) is 0.715. The maximum Gasteiger partial charge on any atom is 0.0620 e. The maximum atomic E-state index is 2.61. The maximum absolute atomic E-state index is 2.61. The molecule has 4 heteroatoms. The molecule has 0 radical (unpaired) electrons. The standard InChI is InChI=1S/C86H70N4/c1-57-38-47-64(48-39-57)87(65-49-40-58(2)41-50-65)80-68-28-14-18-32-72(68)82(73-33-19-15-29-69(73)80)89(62-24-10-8-11-25-62)84-76-36-22-23-37-77(76)85(79-56-61(86(5,6)7)46-55-78(79)84)90(63-26-12-9-13-27-63)83-74-34-20-16-30-70(74)81(71-31-17-21-35-75(71)83)88(66-51-42-59(3)43-52-66)67-53-44-60(4)45-54-67/h8-56H,1-7H3. The van der Waals surface area contributed by atoms with Gasteiger partial charge in [0.1, 0.15) is 0 Å². The van der Waals surface area contributed by atoms with E-state index in [2.05, 4.69) is 365 Å². The van der Waals surface area contributed by atoms with Gasteiger partial charge in [0.2, 0.25) is 0 Å². The van der Waals surface area contributed by atoms with Gasteiger partial charge < -0.3 is 19.6 Å². The number of fused-ring (bicyclic) bond motifs is 6. The van der Waals surface area contributed by atoms with Gasteiger partial charge in [-0.1, -0.05) is 261 Å². The second kappa shape index (κ2) is 22.6. The number of rotatable bonds is 12. The molecule has 0 heterocycles. The van der Waals surface area contributed by atoms with Crippen molar-refractivity contribution in [3.8, 4) is 0 Å². The molecule has 0 aliphatic rings. The molecule has 4 nitrogen and oxygen atoms in total. The lowest BCUT2D eigenvalue weighted by atomic mass is 9.84. The number of anilines is 12. The van der Waals surface area contributed by atoms with Crippen LogP contribution in [0.25, 0.3) is 64.6 Å². The molecule has 0 saturated carbocycles. The van der Waals surface area contributed by atoms with E-state index in [1.54, 1.807) is 0 Å². The largest absolute Gasteiger partial charge is 0.309 e. The summed E-state index contributed by atoms with van der Waals surface area (Å²) < 4.78 is 0. The van der Waals surface area contributed by atoms with Gasteiger partial charge in [0.15, 0.2) is 0 Å². The van der Waals surface area contributed by atoms with Crippen LogP contribution in [-0.2, 0) is 5.41 Å². The number of nitrogens with zero attached hydrogens (tertiary/aromatic N) is 4. The minimum atomic E-state index is -0.187. The zero-order valence-electron chi connectivity index (χ0n) is 52.1. The van der Waals surface area contributed by atoms with Crippen LogP contribution in [0, 0.1) is 27.7 Å². The van der Waals surface area contributed by atoms with Gasteiger partial charge in [0, 0.05) is 98.8 Å². The van der Waals surface area contributed by atoms with Crippen LogP contribution < -0.4 is 19.6 Å². The monoisotopic (exact) mass is 1160 g/mol. The molecule has 434 valence electrons. The smallest absolute Gasteiger partial charge is 0.0620 e. The summed E-state index contributed by atoms with van der Waals surface area (Å²) >= 11 is 0. The van der Waals surface area contributed by atoms with E-state index < -0.39 is 0 Å². The third-order valence-electron chi connectivity index (χ3n) is 18.1. The number of benzene rings is 15. The van der Waals surface area contributed by atoms with Gasteiger partial charge in [-0.2, -0.15) is 0 Å². The summed E-state index contributed by atoms with van der Waals surface area (Å²) in [7, 11) is 0. The zero-order chi connectivity index (χ0) is 61.2. The highest BCUT2D eigenvalue weighted by Crippen LogP contribution is 2.58. The highest BCUT2D eigenvalue weighted by Gasteiger charge is 2.33. The molecule has 15 rings (SSSR count). The Morgan fingerprint density at radius 1 is 0.189 bits per heavy atom. The van der Waals surface area contributed by atoms with E-state index in [4.69, 9.17) is 0 Å². The molecule has 0 aromatic heterocycles. The predicted molar refractivity (Wildman–Crippen MR) is 388 cm³/mol. The van der Waals surface area contributed by atoms with Crippen molar-refractivity contribution < 1.29 is 0 Å². The van der Waals surface area contributed by atoms with Gasteiger partial charge in [0.25, 0.3) is 0 Å². The van der Waals surface area contributed by atoms with Crippen LogP contribution in [-0.4, -0.2) is 0 Å². The van der Waals surface area contributed by atoms with Crippen molar-refractivity contribution in [2.24, 2.45) is 0 Å². The Hall–Kier alpha value is -10.9. The SMILES string of the molecule is Cc1ccc(N(c2ccc(C)cc2)c2c3ccccc3c(N(c3ccccc3)c3c4ccccc4c(N(c4ccccc4)c4c5ccccc5c(N(c5ccc(C)cc5)c5ccc(C)cc5)c5ccccc45)c4cc(C(C)(C)C)ccc34)c3ccccc23)cc1. The summed E-state index contributed by atoms with van der Waals surface area (Å²) in [6, 6.07) is 111. The minimum Gasteiger partial charge on any atom is -0.309 e. The van der Waals surface area contributed by atoms with Crippen LogP contribution in [0.15, 0.2) is 297 Å². The van der Waals surface area contributed by atoms with Crippen LogP contribution in [0.1, 0.15) is 48.6 Å². The quantitative estimate of drug-likeness (QED) is 0.0893. The Morgan fingerprint density at radius 2 is 0.389 bits per heavy atom. The third kappa shape index (κ3) is 9.64. The molecule has 0 aliphatic heterocycles. The Morgan fingerprint density at radius 3 is 0.633 bits per heavy atom. The Labute approximate surface area is 528 Å². The van der Waals surface area contributed by atoms with E-state index in [0.29, 0.717) is 0 Å². The number of hydrogen-bond acceptors (Lipinski definition) is 4. The summed E-state index contributed by atoms with van der Waals surface area (Å²) in [6.07, 6.45) is 0. The van der Waals surface area contributed by atoms with Crippen LogP contribution in [0.4, 0.5) is 68.2 Å². The van der Waals surface area contributed by atoms with Gasteiger partial charge in [-0.05, 0) is 118 Å². The highest BCUT2D eigenvalue weighted by molar-refractivity contribution is 6.31. The minimum absolute atomic E-state index is 0.187. The van der Waals surface area contributed by atoms with E-state index >= 15 is 0 Å². The first-order valence-corrected chi connectivity index (χ1v) is 31.4. The first-order valence-electron chi connectivity index (χ1n) is 31.4. The van der Waals surface area contributed by atoms with E-state index in [0.717, 1.165) is 133 Å². The Bertz CT molecular complexity index is 4980. The fraction of sp³-hybridized carbons (Fsp3) is 0.0930. The number of aryl methyl sites for hydroxylation is 4. The van der Waals surface area contributed by atoms with Crippen molar-refractivity contribution in [3.05, 3.63) is 325 Å². The molecule has 0 unspecified atom stereocenters. The van der Waals surface area contributed by atoms with Gasteiger partial charge >= 0.3 is 0 Å². The number of para-hydroxylation sites is 2. The molecule has 0 amide bonds. The van der Waals surface area contributed by atoms with Crippen LogP contribution in [0.2, 0.25) is 0 Å². The molecule has 0 atom stereocenters. The van der Waals surface area contributed by atoms with E-state index in [9.17, 15) is 0 Å². The van der Waals surface area contributed by atoms with Crippen LogP contribution in [0.5, 0.6) is 0 Å². The third-order valence-corrected chi connectivity index (χ3v) is 18.1. The summed E-state index contributed by atoms with van der Waals surface area (Å²) in [5.41, 5.74) is 19.2. The topological polar surface area (TPSA) is 13.0 Å². The summed E-state index contributed by atoms with van der Waals surface area (Å²) in [4.78, 5) is 10.1. The molecule has 0 saturated heterocycles. The van der Waals surface area contributed by atoms with Gasteiger partial charge in [-0.25, -0.2) is 0 Å². The summed E-state index contributed by atoms with van der Waals surface area (Å²) in [5, 5.41) is 13.7. The highest BCUT2D eigenvalue weighted by atomic mass is 15.2. The molecule has 0 spiro atoms. The van der Waals surface area contributed by atoms with Crippen LogP contribution >= 0.6 is 0 Å². The van der Waals surface area contributed by atoms with Gasteiger partial charge in [0.05, 0.1) is 34.1 Å². The average molecular weight is 1160 g/mol. The Balaban J connectivity index is 1.07. The molecule has 0 N–H and O–H groups in total. The van der Waals surface area contributed by atoms with Crippen molar-refractivity contribution >= 4 is 133 Å². The van der Waals surface area contributed by atoms with Crippen molar-refractivity contribution in [2.45, 2.75) is 53.9 Å². The molecule has 0 bridgehead atoms. The first-order chi connectivity index (χ1) is 44.0. The molecule has 0 aliphatic carbocycles. The van der Waals surface area contributed by atoms with Crippen molar-refractivity contribution in [1.29, 1.82) is 0 Å². The molecular weight excluding hydrogens is 1090 g/mol. The molecule has 15 aromatic carbocycles. The van der Waals surface area contributed by atoms with Gasteiger partial charge in [-0.3, -0.25) is 0 Å². The molecule has 0 fully saturated rings. The second-order valence-electron chi connectivity index (χ2n) is 25.2. The second-order valence-corrected chi connectivity index (χ2v) is 25.2. The Kier molecular flexibility index (Phi) is 14.0. The van der Waals surface area contributed by atoms with E-state index in [1.807, 2.05) is 0 Å². The number of hydrogen-bond donors (Lipinski definition) is 0.